The van der Waals surface area contributed by atoms with Crippen molar-refractivity contribution in [3.05, 3.63) is 17.7 Å². The van der Waals surface area contributed by atoms with E-state index in [4.69, 9.17) is 14.2 Å². The molecule has 0 aliphatic carbocycles. The molecule has 15 heavy (non-hydrogen) atoms. The second kappa shape index (κ2) is 6.98. The van der Waals surface area contributed by atoms with Gasteiger partial charge in [-0.25, -0.2) is 0 Å². The lowest BCUT2D eigenvalue weighted by Crippen LogP contribution is -1.95. The number of benzene rings is 1. The molecule has 3 heteroatoms. The molecule has 0 amide bonds. The van der Waals surface area contributed by atoms with Crippen molar-refractivity contribution in [2.24, 2.45) is 0 Å². The minimum absolute atomic E-state index is 0.635. The Balaban J connectivity index is 0.000000921. The SMILES string of the molecule is CC.COc1cc(C)cc(OC)c1OC. The number of ether oxygens (including phenoxy) is 3. The summed E-state index contributed by atoms with van der Waals surface area (Å²) in [5.41, 5.74) is 1.08. The quantitative estimate of drug-likeness (QED) is 0.770. The maximum absolute atomic E-state index is 5.16. The van der Waals surface area contributed by atoms with Gasteiger partial charge >= 0.3 is 0 Å². The van der Waals surface area contributed by atoms with E-state index < -0.39 is 0 Å². The van der Waals surface area contributed by atoms with Crippen molar-refractivity contribution in [2.45, 2.75) is 20.8 Å². The topological polar surface area (TPSA) is 27.7 Å². The van der Waals surface area contributed by atoms with Crippen LogP contribution in [0.2, 0.25) is 0 Å². The van der Waals surface area contributed by atoms with Crippen LogP contribution >= 0.6 is 0 Å². The molecule has 0 aliphatic heterocycles. The first kappa shape index (κ1) is 13.6. The minimum atomic E-state index is 0.635. The molecule has 0 saturated carbocycles. The largest absolute Gasteiger partial charge is 0.493 e. The van der Waals surface area contributed by atoms with Gasteiger partial charge in [0.05, 0.1) is 21.3 Å². The number of hydrogen-bond donors (Lipinski definition) is 0. The Labute approximate surface area is 92.0 Å². The summed E-state index contributed by atoms with van der Waals surface area (Å²) >= 11 is 0. The third-order valence-corrected chi connectivity index (χ3v) is 1.81. The normalized spacial score (nSPS) is 8.67. The molecule has 0 unspecified atom stereocenters. The molecule has 0 bridgehead atoms. The molecule has 1 rings (SSSR count). The summed E-state index contributed by atoms with van der Waals surface area (Å²) in [6.45, 7) is 5.98. The lowest BCUT2D eigenvalue weighted by atomic mass is 10.2. The van der Waals surface area contributed by atoms with E-state index in [0.717, 1.165) is 5.56 Å². The lowest BCUT2D eigenvalue weighted by molar-refractivity contribution is 0.324. The van der Waals surface area contributed by atoms with Gasteiger partial charge in [-0.3, -0.25) is 0 Å². The Kier molecular flexibility index (Phi) is 6.34. The van der Waals surface area contributed by atoms with Gasteiger partial charge in [0.1, 0.15) is 0 Å². The van der Waals surface area contributed by atoms with Gasteiger partial charge in [-0.2, -0.15) is 0 Å². The summed E-state index contributed by atoms with van der Waals surface area (Å²) in [4.78, 5) is 0. The summed E-state index contributed by atoms with van der Waals surface area (Å²) in [6, 6.07) is 3.81. The average Bonchev–Trinajstić information content (AvgIpc) is 2.30. The van der Waals surface area contributed by atoms with E-state index in [1.54, 1.807) is 21.3 Å². The molecule has 1 aromatic carbocycles. The van der Waals surface area contributed by atoms with Crippen molar-refractivity contribution in [3.63, 3.8) is 0 Å². The van der Waals surface area contributed by atoms with Crippen LogP contribution in [0.5, 0.6) is 17.2 Å². The lowest BCUT2D eigenvalue weighted by Gasteiger charge is -2.12. The highest BCUT2D eigenvalue weighted by Crippen LogP contribution is 2.37. The zero-order valence-electron chi connectivity index (χ0n) is 10.4. The maximum Gasteiger partial charge on any atom is 0.203 e. The van der Waals surface area contributed by atoms with Crippen molar-refractivity contribution >= 4 is 0 Å². The average molecular weight is 212 g/mol. The Hall–Kier alpha value is -1.38. The van der Waals surface area contributed by atoms with Crippen molar-refractivity contribution in [1.82, 2.24) is 0 Å². The fourth-order valence-corrected chi connectivity index (χ4v) is 1.21. The fraction of sp³-hybridized carbons (Fsp3) is 0.500. The number of methoxy groups -OCH3 is 3. The highest BCUT2D eigenvalue weighted by atomic mass is 16.5. The van der Waals surface area contributed by atoms with E-state index in [2.05, 4.69) is 0 Å². The van der Waals surface area contributed by atoms with Crippen LogP contribution in [-0.2, 0) is 0 Å². The molecular formula is C12H20O3. The van der Waals surface area contributed by atoms with Gasteiger partial charge in [-0.1, -0.05) is 13.8 Å². The molecule has 0 spiro atoms. The van der Waals surface area contributed by atoms with E-state index >= 15 is 0 Å². The van der Waals surface area contributed by atoms with Crippen molar-refractivity contribution in [3.8, 4) is 17.2 Å². The molecule has 0 aromatic heterocycles. The van der Waals surface area contributed by atoms with Crippen LogP contribution in [-0.4, -0.2) is 21.3 Å². The first-order chi connectivity index (χ1) is 7.22. The van der Waals surface area contributed by atoms with Crippen LogP contribution in [0.1, 0.15) is 19.4 Å². The predicted octanol–water partition coefficient (Wildman–Crippen LogP) is 3.05. The molecule has 0 radical (unpaired) electrons. The second-order valence-corrected chi connectivity index (χ2v) is 2.70. The third kappa shape index (κ3) is 3.35. The third-order valence-electron chi connectivity index (χ3n) is 1.81. The highest BCUT2D eigenvalue weighted by Gasteiger charge is 2.10. The summed E-state index contributed by atoms with van der Waals surface area (Å²) < 4.78 is 15.5. The molecule has 86 valence electrons. The van der Waals surface area contributed by atoms with Gasteiger partial charge in [0.15, 0.2) is 11.5 Å². The highest BCUT2D eigenvalue weighted by molar-refractivity contribution is 5.53. The fourth-order valence-electron chi connectivity index (χ4n) is 1.21. The smallest absolute Gasteiger partial charge is 0.203 e. The number of hydrogen-bond acceptors (Lipinski definition) is 3. The molecule has 3 nitrogen and oxygen atoms in total. The zero-order chi connectivity index (χ0) is 11.8. The van der Waals surface area contributed by atoms with Gasteiger partial charge < -0.3 is 14.2 Å². The molecule has 0 fully saturated rings. The Morgan fingerprint density at radius 2 is 1.20 bits per heavy atom. The Bertz CT molecular complexity index is 270. The van der Waals surface area contributed by atoms with Crippen molar-refractivity contribution < 1.29 is 14.2 Å². The first-order valence-electron chi connectivity index (χ1n) is 4.99. The summed E-state index contributed by atoms with van der Waals surface area (Å²) in [5.74, 6) is 2.02. The molecule has 0 N–H and O–H groups in total. The molecule has 1 aromatic rings. The van der Waals surface area contributed by atoms with Crippen LogP contribution < -0.4 is 14.2 Å². The molecule has 0 atom stereocenters. The van der Waals surface area contributed by atoms with Gasteiger partial charge in [0.2, 0.25) is 5.75 Å². The van der Waals surface area contributed by atoms with Crippen molar-refractivity contribution in [1.29, 1.82) is 0 Å². The zero-order valence-corrected chi connectivity index (χ0v) is 10.4. The molecule has 0 heterocycles. The monoisotopic (exact) mass is 212 g/mol. The molecule has 0 saturated heterocycles. The molecule has 0 aliphatic rings. The van der Waals surface area contributed by atoms with E-state index in [1.807, 2.05) is 32.9 Å². The van der Waals surface area contributed by atoms with Crippen LogP contribution in [0.4, 0.5) is 0 Å². The summed E-state index contributed by atoms with van der Waals surface area (Å²) in [5, 5.41) is 0. The van der Waals surface area contributed by atoms with E-state index in [1.165, 1.54) is 0 Å². The van der Waals surface area contributed by atoms with E-state index in [9.17, 15) is 0 Å². The first-order valence-corrected chi connectivity index (χ1v) is 4.99. The van der Waals surface area contributed by atoms with Crippen LogP contribution in [0.15, 0.2) is 12.1 Å². The summed E-state index contributed by atoms with van der Waals surface area (Å²) in [6.07, 6.45) is 0. The van der Waals surface area contributed by atoms with Crippen LogP contribution in [0, 0.1) is 6.92 Å². The Morgan fingerprint density at radius 1 is 0.800 bits per heavy atom. The van der Waals surface area contributed by atoms with Gasteiger partial charge in [-0.05, 0) is 24.6 Å². The van der Waals surface area contributed by atoms with E-state index in [0.29, 0.717) is 17.2 Å². The second-order valence-electron chi connectivity index (χ2n) is 2.70. The maximum atomic E-state index is 5.16. The van der Waals surface area contributed by atoms with Crippen LogP contribution in [0.25, 0.3) is 0 Å². The van der Waals surface area contributed by atoms with Gasteiger partial charge in [0.25, 0.3) is 0 Å². The van der Waals surface area contributed by atoms with E-state index in [-0.39, 0.29) is 0 Å². The van der Waals surface area contributed by atoms with Crippen molar-refractivity contribution in [2.75, 3.05) is 21.3 Å². The van der Waals surface area contributed by atoms with Crippen LogP contribution in [0.3, 0.4) is 0 Å². The Morgan fingerprint density at radius 3 is 1.47 bits per heavy atom. The predicted molar refractivity (Wildman–Crippen MR) is 62.2 cm³/mol. The standard InChI is InChI=1S/C10H14O3.C2H6/c1-7-5-8(11-2)10(13-4)9(6-7)12-3;1-2/h5-6H,1-4H3;1-2H3. The summed E-state index contributed by atoms with van der Waals surface area (Å²) in [7, 11) is 4.81. The van der Waals surface area contributed by atoms with Gasteiger partial charge in [0, 0.05) is 0 Å². The number of rotatable bonds is 3. The number of aryl methyl sites for hydroxylation is 1. The molecular weight excluding hydrogens is 192 g/mol. The minimum Gasteiger partial charge on any atom is -0.493 e. The van der Waals surface area contributed by atoms with Gasteiger partial charge in [-0.15, -0.1) is 0 Å².